The van der Waals surface area contributed by atoms with Gasteiger partial charge >= 0.3 is 0 Å². The van der Waals surface area contributed by atoms with Gasteiger partial charge in [0.25, 0.3) is 0 Å². The molecule has 3 saturated heterocycles. The number of phenolic OH excluding ortho intramolecular Hbond substituents is 3. The van der Waals surface area contributed by atoms with Crippen molar-refractivity contribution in [3.8, 4) is 34.3 Å². The fourth-order valence-corrected chi connectivity index (χ4v) is 6.60. The van der Waals surface area contributed by atoms with E-state index in [1.165, 1.54) is 12.1 Å². The Kier molecular flexibility index (Phi) is 11.7. The van der Waals surface area contributed by atoms with Gasteiger partial charge < -0.3 is 99.6 Å². The van der Waals surface area contributed by atoms with Crippen molar-refractivity contribution in [1.82, 2.24) is 0 Å². The van der Waals surface area contributed by atoms with Crippen LogP contribution in [0.1, 0.15) is 11.7 Å². The second-order valence-electron chi connectivity index (χ2n) is 13.1. The van der Waals surface area contributed by atoms with Crippen molar-refractivity contribution in [2.45, 2.75) is 91.9 Å². The Hall–Kier alpha value is -3.75. The van der Waals surface area contributed by atoms with Gasteiger partial charge in [0.1, 0.15) is 108 Å². The van der Waals surface area contributed by atoms with Crippen LogP contribution in [0.3, 0.4) is 0 Å². The largest absolute Gasteiger partial charge is 0.507 e. The predicted molar refractivity (Wildman–Crippen MR) is 173 cm³/mol. The number of hydrogen-bond donors (Lipinski definition) is 14. The van der Waals surface area contributed by atoms with Crippen LogP contribution in [0.25, 0.3) is 22.3 Å². The highest BCUT2D eigenvalue weighted by Gasteiger charge is 2.52. The molecule has 21 heteroatoms. The Bertz CT molecular complexity index is 1850. The maximum Gasteiger partial charge on any atom is 0.229 e. The molecule has 15 atom stereocenters. The zero-order chi connectivity index (χ0) is 39.3. The van der Waals surface area contributed by atoms with Gasteiger partial charge in [-0.3, -0.25) is 4.79 Å². The van der Waals surface area contributed by atoms with Gasteiger partial charge in [-0.05, 0) is 18.2 Å². The lowest BCUT2D eigenvalue weighted by molar-refractivity contribution is -0.342. The van der Waals surface area contributed by atoms with Crippen LogP contribution in [0.15, 0.2) is 39.5 Å². The van der Waals surface area contributed by atoms with Crippen molar-refractivity contribution in [2.24, 2.45) is 0 Å². The second-order valence-corrected chi connectivity index (χ2v) is 13.1. The molecule has 1 aromatic heterocycles. The van der Waals surface area contributed by atoms with Gasteiger partial charge in [0.2, 0.25) is 6.29 Å². The van der Waals surface area contributed by atoms with E-state index in [4.69, 9.17) is 28.1 Å². The number of phenols is 3. The first-order valence-corrected chi connectivity index (χ1v) is 16.5. The van der Waals surface area contributed by atoms with Gasteiger partial charge in [-0.15, -0.1) is 0 Å². The van der Waals surface area contributed by atoms with E-state index in [1.54, 1.807) is 0 Å². The third-order valence-corrected chi connectivity index (χ3v) is 9.64. The average molecular weight is 773 g/mol. The number of aromatic hydroxyl groups is 3. The zero-order valence-corrected chi connectivity index (χ0v) is 27.8. The van der Waals surface area contributed by atoms with E-state index in [0.29, 0.717) is 0 Å². The van der Waals surface area contributed by atoms with Crippen molar-refractivity contribution < 1.29 is 99.6 Å². The monoisotopic (exact) mass is 772 g/mol. The molecular weight excluding hydrogens is 732 g/mol. The Balaban J connectivity index is 1.32. The third kappa shape index (κ3) is 7.09. The molecule has 0 aliphatic carbocycles. The molecule has 14 N–H and O–H groups in total. The van der Waals surface area contributed by atoms with Crippen LogP contribution in [0.5, 0.6) is 23.0 Å². The number of rotatable bonds is 9. The van der Waals surface area contributed by atoms with E-state index in [-0.39, 0.29) is 17.1 Å². The van der Waals surface area contributed by atoms with E-state index in [1.807, 2.05) is 0 Å². The summed E-state index contributed by atoms with van der Waals surface area (Å²) in [6.45, 7) is -2.44. The van der Waals surface area contributed by atoms with Gasteiger partial charge in [-0.2, -0.15) is 0 Å². The molecule has 3 aliphatic heterocycles. The smallest absolute Gasteiger partial charge is 0.229 e. The Labute approximate surface area is 302 Å². The molecule has 4 heterocycles. The van der Waals surface area contributed by atoms with Crippen LogP contribution in [0, 0.1) is 0 Å². The molecule has 0 unspecified atom stereocenters. The summed E-state index contributed by atoms with van der Waals surface area (Å²) in [6, 6.07) is 5.37. The summed E-state index contributed by atoms with van der Waals surface area (Å²) < 4.78 is 33.3. The summed E-state index contributed by atoms with van der Waals surface area (Å²) in [4.78, 5) is 13.5. The number of aliphatic hydroxyl groups excluding tert-OH is 11. The number of ether oxygens (including phenoxy) is 5. The summed E-state index contributed by atoms with van der Waals surface area (Å²) >= 11 is 0. The number of benzene rings is 2. The minimum Gasteiger partial charge on any atom is -0.507 e. The molecule has 0 saturated carbocycles. The van der Waals surface area contributed by atoms with Crippen molar-refractivity contribution in [3.63, 3.8) is 0 Å². The molecule has 21 nitrogen and oxygen atoms in total. The SMILES string of the molecule is O=c1cc(-c2ccc(O[C@@H]3O[C@H](CO)[C@@H](O)[C@H](O)[C@H]3O)c(O)c2)oc2cc(O)c([C@@H]3O[C@H](CO)[C@@H](O)[C@H](O)[C@H]3O[C@@H]3O[C@H](CO)[C@@H](O)[C@H](O)[C@H]3O)c(O)c12. The molecule has 0 amide bonds. The van der Waals surface area contributed by atoms with Crippen molar-refractivity contribution in [2.75, 3.05) is 19.8 Å². The maximum absolute atomic E-state index is 13.5. The molecular formula is C33H40O21. The van der Waals surface area contributed by atoms with Crippen molar-refractivity contribution in [3.05, 3.63) is 46.1 Å². The molecule has 0 bridgehead atoms. The quantitative estimate of drug-likeness (QED) is 0.0969. The lowest BCUT2D eigenvalue weighted by Gasteiger charge is -2.46. The van der Waals surface area contributed by atoms with E-state index in [2.05, 4.69) is 0 Å². The normalized spacial score (nSPS) is 37.4. The van der Waals surface area contributed by atoms with Gasteiger partial charge in [0.05, 0.1) is 25.4 Å². The lowest BCUT2D eigenvalue weighted by atomic mass is 9.89. The second kappa shape index (κ2) is 15.8. The zero-order valence-electron chi connectivity index (χ0n) is 27.8. The Morgan fingerprint density at radius 1 is 0.611 bits per heavy atom. The first-order valence-electron chi connectivity index (χ1n) is 16.5. The first kappa shape index (κ1) is 39.9. The molecule has 3 aliphatic rings. The van der Waals surface area contributed by atoms with Crippen LogP contribution < -0.4 is 10.2 Å². The maximum atomic E-state index is 13.5. The molecule has 3 aromatic rings. The minimum atomic E-state index is -2.00. The first-order chi connectivity index (χ1) is 25.6. The lowest BCUT2D eigenvalue weighted by Crippen LogP contribution is -2.62. The highest BCUT2D eigenvalue weighted by atomic mass is 16.7. The fourth-order valence-electron chi connectivity index (χ4n) is 6.60. The van der Waals surface area contributed by atoms with E-state index < -0.39 is 151 Å². The summed E-state index contributed by atoms with van der Waals surface area (Å²) in [6.07, 6.45) is -26.2. The summed E-state index contributed by atoms with van der Waals surface area (Å²) in [5, 5.41) is 144. The topological polar surface area (TPSA) is 360 Å². The highest BCUT2D eigenvalue weighted by molar-refractivity contribution is 5.88. The summed E-state index contributed by atoms with van der Waals surface area (Å²) in [7, 11) is 0. The Morgan fingerprint density at radius 3 is 1.76 bits per heavy atom. The summed E-state index contributed by atoms with van der Waals surface area (Å²) in [5.41, 5.74) is -1.86. The molecule has 54 heavy (non-hydrogen) atoms. The molecule has 298 valence electrons. The van der Waals surface area contributed by atoms with Crippen LogP contribution >= 0.6 is 0 Å². The molecule has 0 spiro atoms. The minimum absolute atomic E-state index is 0.0576. The van der Waals surface area contributed by atoms with Crippen LogP contribution in [0.4, 0.5) is 0 Å². The number of hydrogen-bond acceptors (Lipinski definition) is 21. The average Bonchev–Trinajstić information content (AvgIpc) is 3.14. The highest BCUT2D eigenvalue weighted by Crippen LogP contribution is 2.46. The molecule has 6 rings (SSSR count). The Morgan fingerprint density at radius 2 is 1.17 bits per heavy atom. The van der Waals surface area contributed by atoms with Crippen LogP contribution in [-0.2, 0) is 18.9 Å². The standard InChI is InChI=1S/C33H40O21/c34-6-16-23(42)27(46)31(54-33-29(48)26(45)22(41)18(8-36)53-33)30(50-16)20-12(39)5-15-19(24(20)43)11(38)4-14(49-15)9-1-2-13(10(37)3-9)51-32-28(47)25(44)21(40)17(7-35)52-32/h1-5,16-18,21-23,25-37,39-48H,6-8H2/t16-,17-,18-,21-,22-,23-,25+,26+,27+,28-,29-,30+,31-,32-,33+/m1/s1. The van der Waals surface area contributed by atoms with Gasteiger partial charge in [-0.1, -0.05) is 0 Å². The van der Waals surface area contributed by atoms with Gasteiger partial charge in [0.15, 0.2) is 23.2 Å². The van der Waals surface area contributed by atoms with Crippen molar-refractivity contribution in [1.29, 1.82) is 0 Å². The van der Waals surface area contributed by atoms with Crippen molar-refractivity contribution >= 4 is 11.0 Å². The number of fused-ring (bicyclic) bond motifs is 1. The van der Waals surface area contributed by atoms with Gasteiger partial charge in [-0.25, -0.2) is 0 Å². The fraction of sp³-hybridized carbons (Fsp3) is 0.545. The molecule has 0 radical (unpaired) electrons. The number of aliphatic hydroxyl groups is 11. The van der Waals surface area contributed by atoms with E-state index in [0.717, 1.165) is 18.2 Å². The van der Waals surface area contributed by atoms with Crippen LogP contribution in [-0.4, -0.2) is 177 Å². The van der Waals surface area contributed by atoms with Gasteiger partial charge in [0, 0.05) is 17.7 Å². The molecule has 2 aromatic carbocycles. The van der Waals surface area contributed by atoms with E-state index in [9.17, 15) is 76.3 Å². The predicted octanol–water partition coefficient (Wildman–Crippen LogP) is -4.91. The molecule has 3 fully saturated rings. The van der Waals surface area contributed by atoms with Crippen LogP contribution in [0.2, 0.25) is 0 Å². The summed E-state index contributed by atoms with van der Waals surface area (Å²) in [5.74, 6) is -2.84. The third-order valence-electron chi connectivity index (χ3n) is 9.64. The van der Waals surface area contributed by atoms with E-state index >= 15 is 0 Å².